The van der Waals surface area contributed by atoms with Crippen molar-refractivity contribution in [1.29, 1.82) is 0 Å². The lowest BCUT2D eigenvalue weighted by Gasteiger charge is -2.33. The Labute approximate surface area is 147 Å². The third-order valence-electron chi connectivity index (χ3n) is 4.67. The van der Waals surface area contributed by atoms with Crippen molar-refractivity contribution in [3.05, 3.63) is 36.1 Å². The first-order valence-electron chi connectivity index (χ1n) is 8.72. The number of para-hydroxylation sites is 1. The topological polar surface area (TPSA) is 67.1 Å². The predicted molar refractivity (Wildman–Crippen MR) is 97.6 cm³/mol. The van der Waals surface area contributed by atoms with Gasteiger partial charge in [0.05, 0.1) is 13.0 Å². The molecule has 0 amide bonds. The summed E-state index contributed by atoms with van der Waals surface area (Å²) in [6.07, 6.45) is 2.40. The summed E-state index contributed by atoms with van der Waals surface area (Å²) in [5.41, 5.74) is 0.923. The molecule has 3 rings (SSSR count). The smallest absolute Gasteiger partial charge is 0.308 e. The van der Waals surface area contributed by atoms with Crippen LogP contribution in [0.1, 0.15) is 18.6 Å². The first-order chi connectivity index (χ1) is 12.2. The number of carbonyl (C=O) groups is 1. The second kappa shape index (κ2) is 8.05. The van der Waals surface area contributed by atoms with E-state index in [1.807, 2.05) is 18.2 Å². The molecule has 0 unspecified atom stereocenters. The van der Waals surface area contributed by atoms with Crippen LogP contribution in [0.4, 0.5) is 0 Å². The molecule has 1 aliphatic heterocycles. The number of furan rings is 1. The van der Waals surface area contributed by atoms with Gasteiger partial charge in [0.1, 0.15) is 11.3 Å². The monoisotopic (exact) mass is 343 g/mol. The van der Waals surface area contributed by atoms with Crippen molar-refractivity contribution in [3.8, 4) is 0 Å². The highest BCUT2D eigenvalue weighted by Gasteiger charge is 2.26. The summed E-state index contributed by atoms with van der Waals surface area (Å²) >= 11 is 0. The van der Waals surface area contributed by atoms with Crippen LogP contribution in [0.2, 0.25) is 0 Å². The number of nitrogens with zero attached hydrogens (tertiary/aromatic N) is 2. The van der Waals surface area contributed by atoms with E-state index in [1.165, 1.54) is 7.11 Å². The Kier molecular flexibility index (Phi) is 5.58. The maximum absolute atomic E-state index is 11.6. The zero-order chi connectivity index (χ0) is 17.6. The number of hydrogen-bond acceptors (Lipinski definition) is 4. The van der Waals surface area contributed by atoms with E-state index in [0.717, 1.165) is 61.6 Å². The predicted octanol–water partition coefficient (Wildman–Crippen LogP) is 2.44. The number of carbonyl (C=O) groups excluding carboxylic acids is 1. The normalized spacial score (nSPS) is 16.2. The number of likely N-dealkylation sites (tertiary alicyclic amines) is 1. The standard InChI is InChI=1S/C19H25N3O3/c1-20-19(22-11-8-14(9-12-22)18(23)24-2)21-10-7-16-13-15-5-3-4-6-17(15)25-16/h3-6,13-14H,7-12H2,1-2H3,(H,20,21). The van der Waals surface area contributed by atoms with Crippen molar-refractivity contribution in [2.45, 2.75) is 19.3 Å². The molecule has 1 aliphatic rings. The van der Waals surface area contributed by atoms with E-state index in [-0.39, 0.29) is 11.9 Å². The number of hydrogen-bond donors (Lipinski definition) is 1. The van der Waals surface area contributed by atoms with Gasteiger partial charge in [-0.25, -0.2) is 0 Å². The second-order valence-electron chi connectivity index (χ2n) is 6.26. The van der Waals surface area contributed by atoms with E-state index in [9.17, 15) is 4.79 Å². The van der Waals surface area contributed by atoms with E-state index in [2.05, 4.69) is 27.3 Å². The number of piperidine rings is 1. The summed E-state index contributed by atoms with van der Waals surface area (Å²) in [6, 6.07) is 10.1. The number of fused-ring (bicyclic) bond motifs is 1. The molecule has 1 N–H and O–H groups in total. The van der Waals surface area contributed by atoms with Crippen LogP contribution in [-0.4, -0.2) is 50.6 Å². The average molecular weight is 343 g/mol. The Bertz CT molecular complexity index is 712. The van der Waals surface area contributed by atoms with Crippen molar-refractivity contribution < 1.29 is 13.9 Å². The Hall–Kier alpha value is -2.50. The minimum absolute atomic E-state index is 0.00917. The van der Waals surface area contributed by atoms with Crippen LogP contribution in [0.25, 0.3) is 11.0 Å². The third-order valence-corrected chi connectivity index (χ3v) is 4.67. The maximum atomic E-state index is 11.6. The van der Waals surface area contributed by atoms with Crippen molar-refractivity contribution in [2.24, 2.45) is 10.9 Å². The zero-order valence-electron chi connectivity index (χ0n) is 14.8. The molecule has 6 nitrogen and oxygen atoms in total. The molecular weight excluding hydrogens is 318 g/mol. The lowest BCUT2D eigenvalue weighted by molar-refractivity contribution is -0.146. The molecule has 1 saturated heterocycles. The highest BCUT2D eigenvalue weighted by Crippen LogP contribution is 2.20. The summed E-state index contributed by atoms with van der Waals surface area (Å²) in [5, 5.41) is 4.52. The molecule has 0 spiro atoms. The van der Waals surface area contributed by atoms with Crippen LogP contribution in [0.15, 0.2) is 39.7 Å². The van der Waals surface area contributed by atoms with E-state index >= 15 is 0 Å². The van der Waals surface area contributed by atoms with Crippen LogP contribution in [0.3, 0.4) is 0 Å². The number of benzene rings is 1. The van der Waals surface area contributed by atoms with Gasteiger partial charge in [0.25, 0.3) is 0 Å². The van der Waals surface area contributed by atoms with Crippen LogP contribution in [0.5, 0.6) is 0 Å². The molecule has 0 bridgehead atoms. The van der Waals surface area contributed by atoms with E-state index in [0.29, 0.717) is 0 Å². The second-order valence-corrected chi connectivity index (χ2v) is 6.26. The Balaban J connectivity index is 1.49. The van der Waals surface area contributed by atoms with Crippen LogP contribution >= 0.6 is 0 Å². The molecule has 0 atom stereocenters. The highest BCUT2D eigenvalue weighted by atomic mass is 16.5. The van der Waals surface area contributed by atoms with Crippen molar-refractivity contribution in [3.63, 3.8) is 0 Å². The fourth-order valence-electron chi connectivity index (χ4n) is 3.28. The largest absolute Gasteiger partial charge is 0.469 e. The van der Waals surface area contributed by atoms with E-state index in [1.54, 1.807) is 7.05 Å². The molecule has 25 heavy (non-hydrogen) atoms. The summed E-state index contributed by atoms with van der Waals surface area (Å²) in [4.78, 5) is 18.2. The van der Waals surface area contributed by atoms with E-state index in [4.69, 9.17) is 9.15 Å². The first-order valence-corrected chi connectivity index (χ1v) is 8.72. The summed E-state index contributed by atoms with van der Waals surface area (Å²) in [7, 11) is 3.24. The van der Waals surface area contributed by atoms with Crippen LogP contribution < -0.4 is 5.32 Å². The molecule has 1 aromatic heterocycles. The summed E-state index contributed by atoms with van der Waals surface area (Å²) < 4.78 is 10.7. The minimum atomic E-state index is -0.104. The Morgan fingerprint density at radius 1 is 1.36 bits per heavy atom. The zero-order valence-corrected chi connectivity index (χ0v) is 14.8. The fraction of sp³-hybridized carbons (Fsp3) is 0.474. The molecule has 2 aromatic rings. The minimum Gasteiger partial charge on any atom is -0.469 e. The number of methoxy groups -OCH3 is 1. The van der Waals surface area contributed by atoms with Gasteiger partial charge in [0.15, 0.2) is 5.96 Å². The average Bonchev–Trinajstić information content (AvgIpc) is 3.07. The highest BCUT2D eigenvalue weighted by molar-refractivity contribution is 5.80. The third kappa shape index (κ3) is 4.13. The van der Waals surface area contributed by atoms with Crippen molar-refractivity contribution in [2.75, 3.05) is 33.8 Å². The number of esters is 1. The number of nitrogens with one attached hydrogen (secondary N) is 1. The fourth-order valence-corrected chi connectivity index (χ4v) is 3.28. The molecule has 134 valence electrons. The molecule has 1 fully saturated rings. The quantitative estimate of drug-likeness (QED) is 0.525. The van der Waals surface area contributed by atoms with Gasteiger partial charge in [-0.05, 0) is 25.0 Å². The van der Waals surface area contributed by atoms with Gasteiger partial charge in [-0.2, -0.15) is 0 Å². The number of guanidine groups is 1. The van der Waals surface area contributed by atoms with Crippen molar-refractivity contribution in [1.82, 2.24) is 10.2 Å². The van der Waals surface area contributed by atoms with Crippen LogP contribution in [-0.2, 0) is 16.0 Å². The molecule has 6 heteroatoms. The number of rotatable bonds is 4. The van der Waals surface area contributed by atoms with Gasteiger partial charge < -0.3 is 19.4 Å². The summed E-state index contributed by atoms with van der Waals surface area (Å²) in [6.45, 7) is 2.37. The Morgan fingerprint density at radius 2 is 2.12 bits per heavy atom. The summed E-state index contributed by atoms with van der Waals surface area (Å²) in [5.74, 6) is 1.75. The van der Waals surface area contributed by atoms with Crippen LogP contribution in [0, 0.1) is 5.92 Å². The van der Waals surface area contributed by atoms with E-state index < -0.39 is 0 Å². The van der Waals surface area contributed by atoms with Crippen molar-refractivity contribution >= 4 is 22.9 Å². The van der Waals surface area contributed by atoms with Gasteiger partial charge >= 0.3 is 5.97 Å². The SMILES string of the molecule is CN=C(NCCc1cc2ccccc2o1)N1CCC(C(=O)OC)CC1. The molecule has 1 aromatic carbocycles. The number of aliphatic imine (C=N–C) groups is 1. The molecular formula is C19H25N3O3. The van der Waals surface area contributed by atoms with Gasteiger partial charge in [-0.3, -0.25) is 9.79 Å². The Morgan fingerprint density at radius 3 is 2.80 bits per heavy atom. The molecule has 2 heterocycles. The first kappa shape index (κ1) is 17.3. The maximum Gasteiger partial charge on any atom is 0.308 e. The molecule has 0 radical (unpaired) electrons. The number of ether oxygens (including phenoxy) is 1. The van der Waals surface area contributed by atoms with Gasteiger partial charge in [0.2, 0.25) is 0 Å². The van der Waals surface area contributed by atoms with Gasteiger partial charge in [-0.1, -0.05) is 18.2 Å². The van der Waals surface area contributed by atoms with Gasteiger partial charge in [0, 0.05) is 38.5 Å². The molecule has 0 saturated carbocycles. The lowest BCUT2D eigenvalue weighted by atomic mass is 9.97. The van der Waals surface area contributed by atoms with Gasteiger partial charge in [-0.15, -0.1) is 0 Å². The lowest BCUT2D eigenvalue weighted by Crippen LogP contribution is -2.47. The molecule has 0 aliphatic carbocycles.